The van der Waals surface area contributed by atoms with Crippen molar-refractivity contribution in [3.63, 3.8) is 0 Å². The highest BCUT2D eigenvalue weighted by molar-refractivity contribution is 8.03. The zero-order valence-electron chi connectivity index (χ0n) is 16.2. The second-order valence-electron chi connectivity index (χ2n) is 6.80. The van der Waals surface area contributed by atoms with E-state index >= 15 is 0 Å². The number of ether oxygens (including phenoxy) is 2. The monoisotopic (exact) mass is 412 g/mol. The summed E-state index contributed by atoms with van der Waals surface area (Å²) in [6.07, 6.45) is 6.53. The average Bonchev–Trinajstić information content (AvgIpc) is 3.11. The molecule has 1 aliphatic heterocycles. The van der Waals surface area contributed by atoms with E-state index in [-0.39, 0.29) is 11.9 Å². The fraction of sp³-hybridized carbons (Fsp3) is 0.667. The van der Waals surface area contributed by atoms with Gasteiger partial charge in [0.25, 0.3) is 0 Å². The van der Waals surface area contributed by atoms with Gasteiger partial charge in [-0.1, -0.05) is 31.5 Å². The standard InChI is InChI=1S/C21H32O4S2/c1-2-8-17-9-4-5-10-19(17)24-13-6-3-7-14-26-16-18-15-25-21(27-18)12-11-20(22)23/h4-5,9-10,18,21H,2-3,6-8,11-16H2,1H3,(H,22,23). The van der Waals surface area contributed by atoms with Crippen LogP contribution in [0.5, 0.6) is 5.75 Å². The molecule has 0 bridgehead atoms. The minimum atomic E-state index is -0.741. The number of carbonyl (C=O) groups is 1. The lowest BCUT2D eigenvalue weighted by atomic mass is 10.1. The van der Waals surface area contributed by atoms with E-state index in [4.69, 9.17) is 14.6 Å². The molecule has 152 valence electrons. The van der Waals surface area contributed by atoms with Crippen molar-refractivity contribution in [3.8, 4) is 5.75 Å². The number of aryl methyl sites for hydroxylation is 1. The van der Waals surface area contributed by atoms with Crippen LogP contribution < -0.4 is 4.74 Å². The van der Waals surface area contributed by atoms with Crippen molar-refractivity contribution < 1.29 is 19.4 Å². The molecule has 1 heterocycles. The van der Waals surface area contributed by atoms with Gasteiger partial charge in [-0.05, 0) is 49.5 Å². The fourth-order valence-electron chi connectivity index (χ4n) is 2.99. The predicted octanol–water partition coefficient (Wildman–Crippen LogP) is 5.24. The molecular weight excluding hydrogens is 380 g/mol. The van der Waals surface area contributed by atoms with Crippen molar-refractivity contribution in [1.82, 2.24) is 0 Å². The molecule has 1 saturated heterocycles. The van der Waals surface area contributed by atoms with Crippen LogP contribution in [-0.4, -0.2) is 46.5 Å². The van der Waals surface area contributed by atoms with Crippen molar-refractivity contribution >= 4 is 29.5 Å². The number of rotatable bonds is 14. The van der Waals surface area contributed by atoms with E-state index in [9.17, 15) is 4.79 Å². The third-order valence-electron chi connectivity index (χ3n) is 4.39. The van der Waals surface area contributed by atoms with Gasteiger partial charge in [0.2, 0.25) is 0 Å². The minimum absolute atomic E-state index is 0.0689. The number of hydrogen-bond donors (Lipinski definition) is 1. The highest BCUT2D eigenvalue weighted by Gasteiger charge is 2.26. The number of carboxylic acids is 1. The van der Waals surface area contributed by atoms with Gasteiger partial charge in [-0.15, -0.1) is 11.8 Å². The van der Waals surface area contributed by atoms with Crippen LogP contribution in [0.25, 0.3) is 0 Å². The summed E-state index contributed by atoms with van der Waals surface area (Å²) in [5.41, 5.74) is 1.38. The van der Waals surface area contributed by atoms with E-state index in [0.29, 0.717) is 11.7 Å². The summed E-state index contributed by atoms with van der Waals surface area (Å²) in [6.45, 7) is 3.75. The third-order valence-corrected chi connectivity index (χ3v) is 7.18. The number of aliphatic carboxylic acids is 1. The van der Waals surface area contributed by atoms with E-state index in [1.54, 1.807) is 11.8 Å². The summed E-state index contributed by atoms with van der Waals surface area (Å²) >= 11 is 3.78. The Morgan fingerprint density at radius 1 is 1.33 bits per heavy atom. The Bertz CT molecular complexity index is 553. The molecule has 0 amide bonds. The summed E-state index contributed by atoms with van der Waals surface area (Å²) in [7, 11) is 0. The topological polar surface area (TPSA) is 55.8 Å². The normalized spacial score (nSPS) is 19.3. The Kier molecular flexibility index (Phi) is 11.1. The van der Waals surface area contributed by atoms with Gasteiger partial charge >= 0.3 is 5.97 Å². The van der Waals surface area contributed by atoms with E-state index in [0.717, 1.165) is 44.0 Å². The SMILES string of the molecule is CCCc1ccccc1OCCCCCSCC1COC(CCC(=O)O)S1. The van der Waals surface area contributed by atoms with E-state index in [2.05, 4.69) is 25.1 Å². The number of unbranched alkanes of at least 4 members (excludes halogenated alkanes) is 2. The Morgan fingerprint density at radius 2 is 2.19 bits per heavy atom. The van der Waals surface area contributed by atoms with E-state index in [1.807, 2.05) is 17.8 Å². The van der Waals surface area contributed by atoms with Crippen LogP contribution in [0, 0.1) is 0 Å². The van der Waals surface area contributed by atoms with Gasteiger partial charge in [-0.25, -0.2) is 0 Å². The van der Waals surface area contributed by atoms with Crippen LogP contribution in [0.3, 0.4) is 0 Å². The molecule has 27 heavy (non-hydrogen) atoms. The highest BCUT2D eigenvalue weighted by Crippen LogP contribution is 2.32. The number of carboxylic acid groups (broad SMARTS) is 1. The molecule has 2 atom stereocenters. The molecule has 0 aliphatic carbocycles. The number of hydrogen-bond acceptors (Lipinski definition) is 5. The molecule has 0 radical (unpaired) electrons. The van der Waals surface area contributed by atoms with Gasteiger partial charge in [-0.3, -0.25) is 4.79 Å². The Balaban J connectivity index is 1.46. The second-order valence-corrected chi connectivity index (χ2v) is 9.41. The molecule has 0 aromatic heterocycles. The molecule has 1 fully saturated rings. The molecule has 0 saturated carbocycles. The van der Waals surface area contributed by atoms with E-state index < -0.39 is 5.97 Å². The van der Waals surface area contributed by atoms with Gasteiger partial charge < -0.3 is 14.6 Å². The first-order valence-corrected chi connectivity index (χ1v) is 12.1. The summed E-state index contributed by atoms with van der Waals surface area (Å²) in [4.78, 5) is 10.6. The summed E-state index contributed by atoms with van der Waals surface area (Å²) in [6, 6.07) is 8.36. The maximum absolute atomic E-state index is 10.6. The molecule has 6 heteroatoms. The van der Waals surface area contributed by atoms with Crippen LogP contribution >= 0.6 is 23.5 Å². The lowest BCUT2D eigenvalue weighted by Crippen LogP contribution is -2.06. The maximum atomic E-state index is 10.6. The van der Waals surface area contributed by atoms with Crippen LogP contribution in [0.2, 0.25) is 0 Å². The molecule has 1 aromatic rings. The number of para-hydroxylation sites is 1. The predicted molar refractivity (Wildman–Crippen MR) is 115 cm³/mol. The van der Waals surface area contributed by atoms with Crippen molar-refractivity contribution in [3.05, 3.63) is 29.8 Å². The Morgan fingerprint density at radius 3 is 3.00 bits per heavy atom. The largest absolute Gasteiger partial charge is 0.493 e. The lowest BCUT2D eigenvalue weighted by molar-refractivity contribution is -0.137. The van der Waals surface area contributed by atoms with Gasteiger partial charge in [0.1, 0.15) is 11.2 Å². The van der Waals surface area contributed by atoms with Crippen LogP contribution in [0.1, 0.15) is 51.0 Å². The molecule has 1 aliphatic rings. The van der Waals surface area contributed by atoms with Crippen molar-refractivity contribution in [2.45, 2.75) is 62.6 Å². The first kappa shape index (κ1) is 22.4. The molecule has 2 unspecified atom stereocenters. The zero-order valence-corrected chi connectivity index (χ0v) is 17.9. The zero-order chi connectivity index (χ0) is 19.3. The second kappa shape index (κ2) is 13.3. The van der Waals surface area contributed by atoms with Gasteiger partial charge in [0.05, 0.1) is 13.2 Å². The van der Waals surface area contributed by atoms with Crippen LogP contribution in [0.4, 0.5) is 0 Å². The smallest absolute Gasteiger partial charge is 0.303 e. The summed E-state index contributed by atoms with van der Waals surface area (Å²) in [5.74, 6) is 2.57. The number of benzene rings is 1. The first-order valence-electron chi connectivity index (χ1n) is 9.96. The average molecular weight is 413 g/mol. The van der Waals surface area contributed by atoms with Crippen LogP contribution in [0.15, 0.2) is 24.3 Å². The van der Waals surface area contributed by atoms with Crippen molar-refractivity contribution in [1.29, 1.82) is 0 Å². The fourth-order valence-corrected chi connectivity index (χ4v) is 5.52. The Labute approximate surface area is 171 Å². The Hall–Kier alpha value is -0.850. The molecule has 1 N–H and O–H groups in total. The maximum Gasteiger partial charge on any atom is 0.303 e. The molecule has 2 rings (SSSR count). The van der Waals surface area contributed by atoms with Crippen molar-refractivity contribution in [2.75, 3.05) is 24.7 Å². The summed E-state index contributed by atoms with van der Waals surface area (Å²) in [5, 5.41) is 9.23. The molecular formula is C21H32O4S2. The third kappa shape index (κ3) is 9.26. The van der Waals surface area contributed by atoms with Gasteiger partial charge in [0.15, 0.2) is 0 Å². The van der Waals surface area contributed by atoms with Gasteiger partial charge in [-0.2, -0.15) is 11.8 Å². The lowest BCUT2D eigenvalue weighted by Gasteiger charge is -2.11. The highest BCUT2D eigenvalue weighted by atomic mass is 32.2. The molecule has 0 spiro atoms. The molecule has 1 aromatic carbocycles. The van der Waals surface area contributed by atoms with Crippen LogP contribution in [-0.2, 0) is 16.0 Å². The van der Waals surface area contributed by atoms with Crippen molar-refractivity contribution in [2.24, 2.45) is 0 Å². The molecule has 4 nitrogen and oxygen atoms in total. The summed E-state index contributed by atoms with van der Waals surface area (Å²) < 4.78 is 11.6. The number of thioether (sulfide) groups is 2. The van der Waals surface area contributed by atoms with Gasteiger partial charge in [0, 0.05) is 17.4 Å². The minimum Gasteiger partial charge on any atom is -0.493 e. The quantitative estimate of drug-likeness (QED) is 0.422. The van der Waals surface area contributed by atoms with E-state index in [1.165, 1.54) is 24.2 Å². The first-order chi connectivity index (χ1) is 13.2.